The van der Waals surface area contributed by atoms with Gasteiger partial charge in [0.05, 0.1) is 16.6 Å². The highest BCUT2D eigenvalue weighted by molar-refractivity contribution is 7.98. The molecule has 0 aliphatic carbocycles. The van der Waals surface area contributed by atoms with Gasteiger partial charge in [-0.2, -0.15) is 0 Å². The van der Waals surface area contributed by atoms with Crippen molar-refractivity contribution in [2.75, 3.05) is 35.1 Å². The molecule has 1 aliphatic rings. The summed E-state index contributed by atoms with van der Waals surface area (Å²) < 4.78 is 28.4. The van der Waals surface area contributed by atoms with E-state index in [1.165, 1.54) is 29.3 Å². The standard InChI is InChI=1S/C29H35N3O3S2/c1-22-7-11-26(12-8-22)32(37(34,35)28-17-15-27(36-3)16-18-28)21-29(33)30-23(2)24-9-13-25(14-10-24)31-19-5-4-6-20-31/h7-18,23H,4-6,19-21H2,1-3H3,(H,30,33). The van der Waals surface area contributed by atoms with Crippen molar-refractivity contribution in [2.24, 2.45) is 0 Å². The second kappa shape index (κ2) is 12.0. The predicted molar refractivity (Wildman–Crippen MR) is 153 cm³/mol. The molecule has 1 fully saturated rings. The van der Waals surface area contributed by atoms with Gasteiger partial charge in [0.1, 0.15) is 6.54 Å². The number of aryl methyl sites for hydroxylation is 1. The van der Waals surface area contributed by atoms with E-state index in [2.05, 4.69) is 22.3 Å². The highest BCUT2D eigenvalue weighted by atomic mass is 32.2. The van der Waals surface area contributed by atoms with Crippen LogP contribution in [0.1, 0.15) is 43.4 Å². The number of nitrogens with zero attached hydrogens (tertiary/aromatic N) is 2. The zero-order chi connectivity index (χ0) is 26.4. The summed E-state index contributed by atoms with van der Waals surface area (Å²) in [5.41, 5.74) is 3.64. The van der Waals surface area contributed by atoms with E-state index in [4.69, 9.17) is 0 Å². The van der Waals surface area contributed by atoms with E-state index >= 15 is 0 Å². The molecule has 1 amide bonds. The van der Waals surface area contributed by atoms with E-state index in [0.29, 0.717) is 5.69 Å². The fraction of sp³-hybridized carbons (Fsp3) is 0.345. The number of carbonyl (C=O) groups excluding carboxylic acids is 1. The van der Waals surface area contributed by atoms with Crippen LogP contribution < -0.4 is 14.5 Å². The van der Waals surface area contributed by atoms with Crippen LogP contribution in [-0.2, 0) is 14.8 Å². The SMILES string of the molecule is CSc1ccc(S(=O)(=O)N(CC(=O)NC(C)c2ccc(N3CCCCC3)cc2)c2ccc(C)cc2)cc1. The first-order valence-corrected chi connectivity index (χ1v) is 15.3. The lowest BCUT2D eigenvalue weighted by Gasteiger charge is -2.29. The Morgan fingerprint density at radius 2 is 1.57 bits per heavy atom. The quantitative estimate of drug-likeness (QED) is 0.351. The van der Waals surface area contributed by atoms with Crippen molar-refractivity contribution in [3.8, 4) is 0 Å². The molecule has 0 bridgehead atoms. The molecule has 37 heavy (non-hydrogen) atoms. The van der Waals surface area contributed by atoms with Crippen molar-refractivity contribution in [1.29, 1.82) is 0 Å². The molecule has 1 atom stereocenters. The van der Waals surface area contributed by atoms with Gasteiger partial charge in [0.25, 0.3) is 10.0 Å². The van der Waals surface area contributed by atoms with Crippen molar-refractivity contribution < 1.29 is 13.2 Å². The molecule has 3 aromatic rings. The first-order chi connectivity index (χ1) is 17.8. The zero-order valence-electron chi connectivity index (χ0n) is 21.7. The van der Waals surface area contributed by atoms with Gasteiger partial charge in [0.2, 0.25) is 5.91 Å². The molecule has 0 radical (unpaired) electrons. The number of rotatable bonds is 9. The molecule has 1 saturated heterocycles. The largest absolute Gasteiger partial charge is 0.372 e. The van der Waals surface area contributed by atoms with Crippen LogP contribution in [0.3, 0.4) is 0 Å². The van der Waals surface area contributed by atoms with Crippen LogP contribution in [-0.4, -0.2) is 40.2 Å². The maximum atomic E-state index is 13.6. The number of hydrogen-bond donors (Lipinski definition) is 1. The zero-order valence-corrected chi connectivity index (χ0v) is 23.3. The van der Waals surface area contributed by atoms with Crippen molar-refractivity contribution >= 4 is 39.1 Å². The van der Waals surface area contributed by atoms with Crippen LogP contribution in [0.5, 0.6) is 0 Å². The Bertz CT molecular complexity index is 1290. The lowest BCUT2D eigenvalue weighted by atomic mass is 10.1. The van der Waals surface area contributed by atoms with Gasteiger partial charge in [-0.3, -0.25) is 9.10 Å². The van der Waals surface area contributed by atoms with E-state index in [1.54, 1.807) is 48.2 Å². The molecular weight excluding hydrogens is 502 g/mol. The van der Waals surface area contributed by atoms with Gasteiger partial charge in [-0.1, -0.05) is 29.8 Å². The fourth-order valence-electron chi connectivity index (χ4n) is 4.53. The molecule has 1 heterocycles. The number of sulfonamides is 1. The Morgan fingerprint density at radius 3 is 2.16 bits per heavy atom. The molecule has 6 nitrogen and oxygen atoms in total. The number of thioether (sulfide) groups is 1. The molecule has 0 spiro atoms. The van der Waals surface area contributed by atoms with E-state index < -0.39 is 10.0 Å². The number of benzene rings is 3. The van der Waals surface area contributed by atoms with Gasteiger partial charge in [-0.15, -0.1) is 11.8 Å². The molecule has 196 valence electrons. The lowest BCUT2D eigenvalue weighted by Crippen LogP contribution is -2.41. The third-order valence-electron chi connectivity index (χ3n) is 6.75. The minimum atomic E-state index is -3.95. The summed E-state index contributed by atoms with van der Waals surface area (Å²) in [5.74, 6) is -0.363. The van der Waals surface area contributed by atoms with Gasteiger partial charge >= 0.3 is 0 Å². The number of nitrogens with one attached hydrogen (secondary N) is 1. The summed E-state index contributed by atoms with van der Waals surface area (Å²) in [5, 5.41) is 2.99. The van der Waals surface area contributed by atoms with Crippen molar-refractivity contribution in [1.82, 2.24) is 5.32 Å². The summed E-state index contributed by atoms with van der Waals surface area (Å²) in [6.45, 7) is 5.70. The van der Waals surface area contributed by atoms with E-state index in [0.717, 1.165) is 29.1 Å². The van der Waals surface area contributed by atoms with E-state index in [-0.39, 0.29) is 23.4 Å². The Kier molecular flexibility index (Phi) is 8.82. The minimum absolute atomic E-state index is 0.153. The van der Waals surface area contributed by atoms with Crippen molar-refractivity contribution in [3.63, 3.8) is 0 Å². The number of amides is 1. The molecule has 1 N–H and O–H groups in total. The monoisotopic (exact) mass is 537 g/mol. The topological polar surface area (TPSA) is 69.7 Å². The predicted octanol–water partition coefficient (Wildman–Crippen LogP) is 5.78. The Labute approximate surface area is 225 Å². The third kappa shape index (κ3) is 6.67. The number of anilines is 2. The summed E-state index contributed by atoms with van der Waals surface area (Å²) in [6, 6.07) is 21.9. The third-order valence-corrected chi connectivity index (χ3v) is 9.28. The molecule has 8 heteroatoms. The number of piperidine rings is 1. The van der Waals surface area contributed by atoms with Crippen LogP contribution >= 0.6 is 11.8 Å². The number of carbonyl (C=O) groups is 1. The van der Waals surface area contributed by atoms with E-state index in [9.17, 15) is 13.2 Å². The summed E-state index contributed by atoms with van der Waals surface area (Å²) in [6.07, 6.45) is 5.66. The molecular formula is C29H35N3O3S2. The average Bonchev–Trinajstić information content (AvgIpc) is 2.93. The molecule has 3 aromatic carbocycles. The van der Waals surface area contributed by atoms with Gasteiger partial charge < -0.3 is 10.2 Å². The van der Waals surface area contributed by atoms with Crippen molar-refractivity contribution in [3.05, 3.63) is 83.9 Å². The second-order valence-corrected chi connectivity index (χ2v) is 12.2. The first-order valence-electron chi connectivity index (χ1n) is 12.7. The maximum Gasteiger partial charge on any atom is 0.264 e. The highest BCUT2D eigenvalue weighted by Gasteiger charge is 2.28. The molecule has 1 aliphatic heterocycles. The Hall–Kier alpha value is -2.97. The molecule has 4 rings (SSSR count). The van der Waals surface area contributed by atoms with Crippen LogP contribution in [0.2, 0.25) is 0 Å². The minimum Gasteiger partial charge on any atom is -0.372 e. The van der Waals surface area contributed by atoms with Crippen LogP contribution in [0, 0.1) is 6.92 Å². The molecule has 0 aromatic heterocycles. The fourth-order valence-corrected chi connectivity index (χ4v) is 6.36. The van der Waals surface area contributed by atoms with E-state index in [1.807, 2.05) is 44.4 Å². The lowest BCUT2D eigenvalue weighted by molar-refractivity contribution is -0.120. The average molecular weight is 538 g/mol. The smallest absolute Gasteiger partial charge is 0.264 e. The van der Waals surface area contributed by atoms with Crippen LogP contribution in [0.15, 0.2) is 82.6 Å². The molecule has 1 unspecified atom stereocenters. The van der Waals surface area contributed by atoms with Gasteiger partial charge in [-0.05, 0) is 93.5 Å². The molecule has 0 saturated carbocycles. The van der Waals surface area contributed by atoms with Gasteiger partial charge in [0, 0.05) is 23.7 Å². The highest BCUT2D eigenvalue weighted by Crippen LogP contribution is 2.26. The second-order valence-electron chi connectivity index (χ2n) is 9.45. The summed E-state index contributed by atoms with van der Waals surface area (Å²) in [7, 11) is -3.95. The maximum absolute atomic E-state index is 13.6. The van der Waals surface area contributed by atoms with Crippen molar-refractivity contribution in [2.45, 2.75) is 48.9 Å². The summed E-state index contributed by atoms with van der Waals surface area (Å²) >= 11 is 1.54. The van der Waals surface area contributed by atoms with Crippen LogP contribution in [0.25, 0.3) is 0 Å². The first kappa shape index (κ1) is 27.1. The van der Waals surface area contributed by atoms with Gasteiger partial charge in [0.15, 0.2) is 0 Å². The Morgan fingerprint density at radius 1 is 0.946 bits per heavy atom. The number of hydrogen-bond acceptors (Lipinski definition) is 5. The van der Waals surface area contributed by atoms with Crippen LogP contribution in [0.4, 0.5) is 11.4 Å². The summed E-state index contributed by atoms with van der Waals surface area (Å²) in [4.78, 5) is 16.7. The normalized spacial score (nSPS) is 14.7. The Balaban J connectivity index is 1.50. The van der Waals surface area contributed by atoms with Gasteiger partial charge in [-0.25, -0.2) is 8.42 Å².